The van der Waals surface area contributed by atoms with Gasteiger partial charge in [-0.1, -0.05) is 0 Å². The summed E-state index contributed by atoms with van der Waals surface area (Å²) in [5.41, 5.74) is 0.339. The van der Waals surface area contributed by atoms with Crippen molar-refractivity contribution in [2.75, 3.05) is 0 Å². The molecular formula is C15H8F2N6O. The van der Waals surface area contributed by atoms with Gasteiger partial charge in [0.15, 0.2) is 23.3 Å². The van der Waals surface area contributed by atoms with E-state index in [1.165, 1.54) is 0 Å². The van der Waals surface area contributed by atoms with Gasteiger partial charge in [0, 0.05) is 12.4 Å². The number of rotatable bonds is 2. The van der Waals surface area contributed by atoms with E-state index < -0.39 is 23.5 Å². The van der Waals surface area contributed by atoms with Crippen LogP contribution < -0.4 is 0 Å². The number of amides is 1. The fourth-order valence-corrected chi connectivity index (χ4v) is 2.31. The van der Waals surface area contributed by atoms with E-state index in [-0.39, 0.29) is 17.2 Å². The van der Waals surface area contributed by atoms with Crippen LogP contribution in [0.1, 0.15) is 5.69 Å². The molecule has 0 aromatic carbocycles. The summed E-state index contributed by atoms with van der Waals surface area (Å²) in [6, 6.07) is 3.23. The lowest BCUT2D eigenvalue weighted by atomic mass is 9.95. The molecule has 0 radical (unpaired) electrons. The number of imidazole rings is 1. The normalized spacial score (nSPS) is 19.9. The first kappa shape index (κ1) is 14.2. The Balaban J connectivity index is 1.68. The van der Waals surface area contributed by atoms with Crippen LogP contribution in [0, 0.1) is 5.92 Å². The van der Waals surface area contributed by atoms with Gasteiger partial charge in [-0.15, -0.1) is 10.2 Å². The van der Waals surface area contributed by atoms with Crippen LogP contribution in [0.25, 0.3) is 5.82 Å². The lowest BCUT2D eigenvalue weighted by Gasteiger charge is -2.18. The van der Waals surface area contributed by atoms with Gasteiger partial charge in [0.1, 0.15) is 17.9 Å². The molecule has 9 heteroatoms. The first-order valence-corrected chi connectivity index (χ1v) is 6.90. The molecule has 4 rings (SSSR count). The zero-order valence-corrected chi connectivity index (χ0v) is 12.0. The number of fused-ring (bicyclic) bond motifs is 1. The van der Waals surface area contributed by atoms with E-state index in [1.54, 1.807) is 35.4 Å². The maximum atomic E-state index is 13.4. The van der Waals surface area contributed by atoms with Crippen molar-refractivity contribution in [1.82, 2.24) is 19.7 Å². The number of hydrogen-bond acceptors (Lipinski definition) is 5. The number of nitrogens with zero attached hydrogens (tertiary/aromatic N) is 6. The Hall–Kier alpha value is -3.36. The minimum atomic E-state index is -1.09. The van der Waals surface area contributed by atoms with E-state index in [2.05, 4.69) is 25.2 Å². The van der Waals surface area contributed by atoms with Crippen molar-refractivity contribution in [3.8, 4) is 5.82 Å². The number of carbonyl (C=O) groups excluding carboxylic acids is 1. The summed E-state index contributed by atoms with van der Waals surface area (Å²) in [5, 5.41) is 7.97. The monoisotopic (exact) mass is 326 g/mol. The second kappa shape index (κ2) is 5.37. The SMILES string of the molecule is O=C1N=C(c2ccc(-n3ccnc3)nn2)N=C2C=C(F)C(F)=CC12. The average Bonchev–Trinajstić information content (AvgIpc) is 3.11. The average molecular weight is 326 g/mol. The molecule has 2 aromatic heterocycles. The first-order chi connectivity index (χ1) is 11.6. The number of carbonyl (C=O) groups is 1. The van der Waals surface area contributed by atoms with Crippen molar-refractivity contribution in [2.24, 2.45) is 15.9 Å². The van der Waals surface area contributed by atoms with E-state index in [9.17, 15) is 13.6 Å². The highest BCUT2D eigenvalue weighted by atomic mass is 19.2. The predicted molar refractivity (Wildman–Crippen MR) is 80.0 cm³/mol. The van der Waals surface area contributed by atoms with E-state index in [1.807, 2.05) is 0 Å². The molecule has 7 nitrogen and oxygen atoms in total. The van der Waals surface area contributed by atoms with Gasteiger partial charge in [0.25, 0.3) is 5.91 Å². The molecule has 0 bridgehead atoms. The van der Waals surface area contributed by atoms with Crippen molar-refractivity contribution < 1.29 is 13.6 Å². The zero-order valence-electron chi connectivity index (χ0n) is 12.0. The summed E-state index contributed by atoms with van der Waals surface area (Å²) in [5.74, 6) is -3.26. The Bertz CT molecular complexity index is 941. The van der Waals surface area contributed by atoms with Crippen LogP contribution in [0.15, 0.2) is 64.6 Å². The number of amidine groups is 1. The van der Waals surface area contributed by atoms with Crippen molar-refractivity contribution >= 4 is 17.5 Å². The van der Waals surface area contributed by atoms with Gasteiger partial charge >= 0.3 is 0 Å². The third kappa shape index (κ3) is 2.35. The highest BCUT2D eigenvalue weighted by Gasteiger charge is 2.31. The molecule has 118 valence electrons. The van der Waals surface area contributed by atoms with Crippen LogP contribution in [0.2, 0.25) is 0 Å². The zero-order chi connectivity index (χ0) is 16.7. The molecule has 1 unspecified atom stereocenters. The Kier molecular flexibility index (Phi) is 3.19. The highest BCUT2D eigenvalue weighted by molar-refractivity contribution is 6.24. The van der Waals surface area contributed by atoms with Crippen LogP contribution in [-0.4, -0.2) is 37.2 Å². The maximum absolute atomic E-state index is 13.4. The number of halogens is 2. The minimum absolute atomic E-state index is 0.00990. The largest absolute Gasteiger partial charge is 0.289 e. The van der Waals surface area contributed by atoms with Gasteiger partial charge in [-0.25, -0.2) is 18.8 Å². The molecule has 0 saturated carbocycles. The first-order valence-electron chi connectivity index (χ1n) is 6.90. The molecule has 2 aliphatic rings. The Morgan fingerprint density at radius 2 is 1.96 bits per heavy atom. The third-order valence-corrected chi connectivity index (χ3v) is 3.50. The second-order valence-corrected chi connectivity index (χ2v) is 5.04. The topological polar surface area (TPSA) is 85.4 Å². The standard InChI is InChI=1S/C15H8F2N6O/c16-9-5-8-12(6-10(9)17)19-14(20-15(8)24)11-1-2-13(22-21-11)23-4-3-18-7-23/h1-8H. The highest BCUT2D eigenvalue weighted by Crippen LogP contribution is 2.26. The summed E-state index contributed by atoms with van der Waals surface area (Å²) in [4.78, 5) is 23.8. The molecule has 1 amide bonds. The van der Waals surface area contributed by atoms with Gasteiger partial charge in [-0.3, -0.25) is 9.36 Å². The van der Waals surface area contributed by atoms with Crippen molar-refractivity contribution in [3.05, 3.63) is 60.4 Å². The van der Waals surface area contributed by atoms with Gasteiger partial charge < -0.3 is 0 Å². The second-order valence-electron chi connectivity index (χ2n) is 5.04. The number of aliphatic imine (C=N–C) groups is 2. The molecule has 1 atom stereocenters. The molecule has 0 spiro atoms. The third-order valence-electron chi connectivity index (χ3n) is 3.50. The molecule has 3 heterocycles. The molecule has 0 fully saturated rings. The minimum Gasteiger partial charge on any atom is -0.289 e. The summed E-state index contributed by atoms with van der Waals surface area (Å²) in [7, 11) is 0. The molecule has 0 saturated heterocycles. The number of aromatic nitrogens is 4. The summed E-state index contributed by atoms with van der Waals surface area (Å²) < 4.78 is 28.3. The van der Waals surface area contributed by atoms with Gasteiger partial charge in [0.2, 0.25) is 0 Å². The van der Waals surface area contributed by atoms with Gasteiger partial charge in [-0.2, -0.15) is 4.99 Å². The van der Waals surface area contributed by atoms with Gasteiger partial charge in [-0.05, 0) is 24.3 Å². The predicted octanol–water partition coefficient (Wildman–Crippen LogP) is 1.73. The Morgan fingerprint density at radius 3 is 2.67 bits per heavy atom. The molecule has 2 aromatic rings. The lowest BCUT2D eigenvalue weighted by molar-refractivity contribution is -0.118. The van der Waals surface area contributed by atoms with E-state index >= 15 is 0 Å². The smallest absolute Gasteiger partial charge is 0.260 e. The summed E-state index contributed by atoms with van der Waals surface area (Å²) >= 11 is 0. The molecule has 1 aliphatic heterocycles. The van der Waals surface area contributed by atoms with Crippen molar-refractivity contribution in [1.29, 1.82) is 0 Å². The van der Waals surface area contributed by atoms with E-state index in [0.717, 1.165) is 12.2 Å². The van der Waals surface area contributed by atoms with Crippen molar-refractivity contribution in [3.63, 3.8) is 0 Å². The Labute approximate surface area is 133 Å². The molecule has 24 heavy (non-hydrogen) atoms. The van der Waals surface area contributed by atoms with Gasteiger partial charge in [0.05, 0.1) is 5.71 Å². The Morgan fingerprint density at radius 1 is 1.08 bits per heavy atom. The van der Waals surface area contributed by atoms with Crippen LogP contribution in [0.5, 0.6) is 0 Å². The number of hydrogen-bond donors (Lipinski definition) is 0. The van der Waals surface area contributed by atoms with Crippen LogP contribution in [-0.2, 0) is 4.79 Å². The lowest BCUT2D eigenvalue weighted by Crippen LogP contribution is -2.28. The number of allylic oxidation sites excluding steroid dienone is 3. The molecule has 1 aliphatic carbocycles. The maximum Gasteiger partial charge on any atom is 0.260 e. The summed E-state index contributed by atoms with van der Waals surface area (Å²) in [6.45, 7) is 0. The van der Waals surface area contributed by atoms with Crippen LogP contribution in [0.3, 0.4) is 0 Å². The summed E-state index contributed by atoms with van der Waals surface area (Å²) in [6.07, 6.45) is 6.62. The fourth-order valence-electron chi connectivity index (χ4n) is 2.31. The van der Waals surface area contributed by atoms with E-state index in [0.29, 0.717) is 5.82 Å². The van der Waals surface area contributed by atoms with Crippen LogP contribution in [0.4, 0.5) is 8.78 Å². The molecule has 0 N–H and O–H groups in total. The van der Waals surface area contributed by atoms with Crippen LogP contribution >= 0.6 is 0 Å². The molecular weight excluding hydrogens is 318 g/mol. The fraction of sp³-hybridized carbons (Fsp3) is 0.0667. The quantitative estimate of drug-likeness (QED) is 0.841. The van der Waals surface area contributed by atoms with E-state index in [4.69, 9.17) is 0 Å². The van der Waals surface area contributed by atoms with Crippen molar-refractivity contribution in [2.45, 2.75) is 0 Å².